The fraction of sp³-hybridized carbons (Fsp3) is 0.471. The summed E-state index contributed by atoms with van der Waals surface area (Å²) >= 11 is 0. The van der Waals surface area contributed by atoms with E-state index in [1.54, 1.807) is 25.3 Å². The topological polar surface area (TPSA) is 89.7 Å². The van der Waals surface area contributed by atoms with Gasteiger partial charge < -0.3 is 24.2 Å². The van der Waals surface area contributed by atoms with Crippen LogP contribution in [0.1, 0.15) is 29.1 Å². The molecule has 1 amide bonds. The van der Waals surface area contributed by atoms with Gasteiger partial charge in [0.25, 0.3) is 5.91 Å². The Kier molecular flexibility index (Phi) is 4.14. The quantitative estimate of drug-likeness (QED) is 0.910. The maximum atomic E-state index is 12.2. The molecule has 4 heterocycles. The molecular weight excluding hydrogens is 324 g/mol. The van der Waals surface area contributed by atoms with Crippen LogP contribution in [0.5, 0.6) is 0 Å². The minimum absolute atomic E-state index is 0.315. The van der Waals surface area contributed by atoms with E-state index >= 15 is 0 Å². The third-order valence-electron chi connectivity index (χ3n) is 4.55. The monoisotopic (exact) mass is 344 g/mol. The second-order valence-electron chi connectivity index (χ2n) is 6.27. The van der Waals surface area contributed by atoms with Gasteiger partial charge in [0.2, 0.25) is 0 Å². The first kappa shape index (κ1) is 16.0. The molecule has 0 unspecified atom stereocenters. The molecule has 0 bridgehead atoms. The maximum absolute atomic E-state index is 12.2. The molecule has 0 aliphatic carbocycles. The Bertz CT molecular complexity index is 742. The molecule has 1 spiro atoms. The third-order valence-corrected chi connectivity index (χ3v) is 4.55. The van der Waals surface area contributed by atoms with E-state index in [-0.39, 0.29) is 11.7 Å². The summed E-state index contributed by atoms with van der Waals surface area (Å²) in [4.78, 5) is 18.7. The van der Waals surface area contributed by atoms with E-state index in [0.717, 1.165) is 31.6 Å². The Hall–Kier alpha value is -2.45. The van der Waals surface area contributed by atoms with Crippen LogP contribution in [-0.2, 0) is 9.47 Å². The summed E-state index contributed by atoms with van der Waals surface area (Å²) in [7, 11) is 0. The van der Waals surface area contributed by atoms with Crippen LogP contribution in [0.4, 0.5) is 11.5 Å². The zero-order chi connectivity index (χ0) is 17.3. The van der Waals surface area contributed by atoms with Crippen LogP contribution in [0.2, 0.25) is 0 Å². The Morgan fingerprint density at radius 2 is 2.00 bits per heavy atom. The Labute approximate surface area is 145 Å². The number of hydrogen-bond donors (Lipinski definition) is 1. The van der Waals surface area contributed by atoms with Crippen molar-refractivity contribution in [3.63, 3.8) is 0 Å². The summed E-state index contributed by atoms with van der Waals surface area (Å²) in [5.74, 6) is 0.313. The van der Waals surface area contributed by atoms with Gasteiger partial charge in [-0.05, 0) is 19.1 Å². The lowest BCUT2D eigenvalue weighted by Crippen LogP contribution is -2.45. The Morgan fingerprint density at radius 3 is 2.60 bits per heavy atom. The SMILES string of the molecule is Cc1cc(NC(=O)c2ccc(N3CCC4(CC3)OCCO4)cn2)no1. The van der Waals surface area contributed by atoms with Gasteiger partial charge >= 0.3 is 0 Å². The van der Waals surface area contributed by atoms with Crippen LogP contribution in [0, 0.1) is 6.92 Å². The molecule has 2 aromatic heterocycles. The number of carbonyl (C=O) groups is 1. The van der Waals surface area contributed by atoms with E-state index in [9.17, 15) is 4.79 Å². The van der Waals surface area contributed by atoms with E-state index in [2.05, 4.69) is 20.4 Å². The van der Waals surface area contributed by atoms with Gasteiger partial charge in [-0.15, -0.1) is 0 Å². The van der Waals surface area contributed by atoms with Crippen molar-refractivity contribution >= 4 is 17.4 Å². The highest BCUT2D eigenvalue weighted by Gasteiger charge is 2.39. The van der Waals surface area contributed by atoms with Crippen LogP contribution in [0.3, 0.4) is 0 Å². The van der Waals surface area contributed by atoms with Crippen LogP contribution < -0.4 is 10.2 Å². The van der Waals surface area contributed by atoms with Crippen molar-refractivity contribution in [2.45, 2.75) is 25.6 Å². The summed E-state index contributed by atoms with van der Waals surface area (Å²) in [6.07, 6.45) is 3.39. The van der Waals surface area contributed by atoms with Crippen molar-refractivity contribution in [3.8, 4) is 0 Å². The number of carbonyl (C=O) groups excluding carboxylic acids is 1. The van der Waals surface area contributed by atoms with Crippen molar-refractivity contribution in [1.82, 2.24) is 10.1 Å². The van der Waals surface area contributed by atoms with E-state index < -0.39 is 0 Å². The Balaban J connectivity index is 1.37. The van der Waals surface area contributed by atoms with Gasteiger partial charge in [0.15, 0.2) is 11.6 Å². The first-order chi connectivity index (χ1) is 12.1. The van der Waals surface area contributed by atoms with Crippen LogP contribution in [0.15, 0.2) is 28.9 Å². The molecule has 132 valence electrons. The van der Waals surface area contributed by atoms with Crippen molar-refractivity contribution in [1.29, 1.82) is 0 Å². The Morgan fingerprint density at radius 1 is 1.24 bits per heavy atom. The zero-order valence-corrected chi connectivity index (χ0v) is 14.0. The van der Waals surface area contributed by atoms with Crippen LogP contribution in [-0.4, -0.2) is 48.1 Å². The molecule has 4 rings (SSSR count). The molecule has 8 heteroatoms. The smallest absolute Gasteiger partial charge is 0.275 e. The van der Waals surface area contributed by atoms with Gasteiger partial charge in [0, 0.05) is 32.0 Å². The molecular formula is C17H20N4O4. The minimum Gasteiger partial charge on any atom is -0.370 e. The lowest BCUT2D eigenvalue weighted by molar-refractivity contribution is -0.169. The highest BCUT2D eigenvalue weighted by Crippen LogP contribution is 2.32. The van der Waals surface area contributed by atoms with Crippen molar-refractivity contribution < 1.29 is 18.8 Å². The van der Waals surface area contributed by atoms with E-state index in [0.29, 0.717) is 30.5 Å². The average Bonchev–Trinajstić information content (AvgIpc) is 3.25. The number of rotatable bonds is 3. The molecule has 2 aliphatic rings. The third kappa shape index (κ3) is 3.35. The van der Waals surface area contributed by atoms with Gasteiger partial charge in [-0.3, -0.25) is 4.79 Å². The predicted molar refractivity (Wildman–Crippen MR) is 89.5 cm³/mol. The van der Waals surface area contributed by atoms with Crippen LogP contribution >= 0.6 is 0 Å². The molecule has 0 aromatic carbocycles. The first-order valence-corrected chi connectivity index (χ1v) is 8.37. The van der Waals surface area contributed by atoms with Crippen LogP contribution in [0.25, 0.3) is 0 Å². The molecule has 2 saturated heterocycles. The lowest BCUT2D eigenvalue weighted by atomic mass is 10.0. The maximum Gasteiger partial charge on any atom is 0.275 e. The summed E-state index contributed by atoms with van der Waals surface area (Å²) in [6, 6.07) is 5.28. The molecule has 25 heavy (non-hydrogen) atoms. The standard InChI is InChI=1S/C17H20N4O4/c1-12-10-15(20-25-12)19-16(22)14-3-2-13(11-18-14)21-6-4-17(5-7-21)23-8-9-24-17/h2-3,10-11H,4-9H2,1H3,(H,19,20,22). The number of aryl methyl sites for hydroxylation is 1. The summed E-state index contributed by atoms with van der Waals surface area (Å²) in [5.41, 5.74) is 1.32. The number of hydrogen-bond acceptors (Lipinski definition) is 7. The molecule has 0 saturated carbocycles. The fourth-order valence-electron chi connectivity index (χ4n) is 3.20. The summed E-state index contributed by atoms with van der Waals surface area (Å²) in [5, 5.41) is 6.40. The molecule has 2 fully saturated rings. The number of nitrogens with one attached hydrogen (secondary N) is 1. The molecule has 1 N–H and O–H groups in total. The molecule has 2 aliphatic heterocycles. The number of pyridine rings is 1. The second-order valence-corrected chi connectivity index (χ2v) is 6.27. The number of anilines is 2. The van der Waals surface area contributed by atoms with Gasteiger partial charge in [0.05, 0.1) is 25.1 Å². The largest absolute Gasteiger partial charge is 0.370 e. The second kappa shape index (κ2) is 6.45. The number of piperidine rings is 1. The number of amides is 1. The molecule has 2 aromatic rings. The van der Waals surface area contributed by atoms with Crippen molar-refractivity contribution in [2.75, 3.05) is 36.5 Å². The number of aromatic nitrogens is 2. The van der Waals surface area contributed by atoms with E-state index in [1.807, 2.05) is 6.07 Å². The first-order valence-electron chi connectivity index (χ1n) is 8.37. The van der Waals surface area contributed by atoms with Gasteiger partial charge in [-0.1, -0.05) is 5.16 Å². The number of ether oxygens (including phenoxy) is 2. The fourth-order valence-corrected chi connectivity index (χ4v) is 3.20. The minimum atomic E-state index is -0.389. The summed E-state index contributed by atoms with van der Waals surface area (Å²) in [6.45, 7) is 4.80. The highest BCUT2D eigenvalue weighted by molar-refractivity contribution is 6.02. The average molecular weight is 344 g/mol. The molecule has 0 atom stereocenters. The van der Waals surface area contributed by atoms with Crippen molar-refractivity contribution in [3.05, 3.63) is 35.9 Å². The normalized spacial score (nSPS) is 19.3. The summed E-state index contributed by atoms with van der Waals surface area (Å²) < 4.78 is 16.4. The van der Waals surface area contributed by atoms with E-state index in [1.165, 1.54) is 0 Å². The molecule has 8 nitrogen and oxygen atoms in total. The van der Waals surface area contributed by atoms with Gasteiger partial charge in [-0.25, -0.2) is 4.98 Å². The van der Waals surface area contributed by atoms with Crippen molar-refractivity contribution in [2.24, 2.45) is 0 Å². The molecule has 0 radical (unpaired) electrons. The van der Waals surface area contributed by atoms with E-state index in [4.69, 9.17) is 14.0 Å². The predicted octanol–water partition coefficient (Wildman–Crippen LogP) is 1.97. The lowest BCUT2D eigenvalue weighted by Gasteiger charge is -2.38. The number of nitrogens with zero attached hydrogens (tertiary/aromatic N) is 3. The van der Waals surface area contributed by atoms with Gasteiger partial charge in [-0.2, -0.15) is 0 Å². The zero-order valence-electron chi connectivity index (χ0n) is 14.0. The van der Waals surface area contributed by atoms with Gasteiger partial charge in [0.1, 0.15) is 11.5 Å². The highest BCUT2D eigenvalue weighted by atomic mass is 16.7.